The highest BCUT2D eigenvalue weighted by Crippen LogP contribution is 2.68. The number of ketones is 1. The van der Waals surface area contributed by atoms with E-state index in [1.807, 2.05) is 6.92 Å². The monoisotopic (exact) mass is 705 g/mol. The van der Waals surface area contributed by atoms with Crippen molar-refractivity contribution in [2.75, 3.05) is 39.5 Å². The van der Waals surface area contributed by atoms with E-state index in [4.69, 9.17) is 23.7 Å². The van der Waals surface area contributed by atoms with Gasteiger partial charge in [-0.2, -0.15) is 0 Å². The van der Waals surface area contributed by atoms with Crippen LogP contribution < -0.4 is 0 Å². The fraction of sp³-hybridized carbons (Fsp3) is 0.842. The van der Waals surface area contributed by atoms with Gasteiger partial charge in [-0.1, -0.05) is 13.8 Å². The SMILES string of the molecule is CC(=O)OCCN(CCOC(C)=O)CC(=O)OC(C)(C)C(=O)OCC(=O)O[C@]1(C)CC[C@@]2(C)[C@@H](CC[C@@H]3[C@@H]2CC[C@]2(C)[C@@H](C(C)=O)CC[C@@H]32)C1. The van der Waals surface area contributed by atoms with Gasteiger partial charge >= 0.3 is 29.8 Å². The third kappa shape index (κ3) is 9.06. The lowest BCUT2D eigenvalue weighted by Crippen LogP contribution is -2.56. The summed E-state index contributed by atoms with van der Waals surface area (Å²) in [5.74, 6) is -0.387. The van der Waals surface area contributed by atoms with Gasteiger partial charge in [0.1, 0.15) is 24.6 Å². The molecule has 0 aliphatic heterocycles. The first-order valence-corrected chi connectivity index (χ1v) is 18.4. The molecular weight excluding hydrogens is 646 g/mol. The topological polar surface area (TPSA) is 152 Å². The molecule has 0 amide bonds. The largest absolute Gasteiger partial charge is 0.465 e. The maximum Gasteiger partial charge on any atom is 0.350 e. The Bertz CT molecular complexity index is 1290. The summed E-state index contributed by atoms with van der Waals surface area (Å²) in [4.78, 5) is 75.0. The zero-order chi connectivity index (χ0) is 37.1. The van der Waals surface area contributed by atoms with Crippen LogP contribution in [-0.2, 0) is 52.5 Å². The molecule has 0 spiro atoms. The summed E-state index contributed by atoms with van der Waals surface area (Å²) in [6, 6.07) is 0. The Balaban J connectivity index is 1.26. The van der Waals surface area contributed by atoms with Crippen LogP contribution in [0.2, 0.25) is 0 Å². The van der Waals surface area contributed by atoms with E-state index in [9.17, 15) is 28.8 Å². The minimum atomic E-state index is -1.69. The molecule has 12 heteroatoms. The number of esters is 5. The average Bonchev–Trinajstić information content (AvgIpc) is 3.37. The summed E-state index contributed by atoms with van der Waals surface area (Å²) >= 11 is 0. The summed E-state index contributed by atoms with van der Waals surface area (Å²) in [7, 11) is 0. The van der Waals surface area contributed by atoms with Gasteiger partial charge in [0, 0.05) is 32.9 Å². The van der Waals surface area contributed by atoms with Gasteiger partial charge in [0.05, 0.1) is 6.54 Å². The minimum Gasteiger partial charge on any atom is -0.465 e. The molecule has 0 aromatic carbocycles. The van der Waals surface area contributed by atoms with Gasteiger partial charge in [-0.05, 0) is 120 Å². The van der Waals surface area contributed by atoms with Crippen molar-refractivity contribution in [3.8, 4) is 0 Å². The number of carbonyl (C=O) groups excluding carboxylic acids is 6. The number of hydrogen-bond acceptors (Lipinski definition) is 12. The third-order valence-corrected chi connectivity index (χ3v) is 12.7. The van der Waals surface area contributed by atoms with Crippen LogP contribution in [0, 0.1) is 40.4 Å². The fourth-order valence-electron chi connectivity index (χ4n) is 10.2. The van der Waals surface area contributed by atoms with E-state index in [0.717, 1.165) is 57.8 Å². The van der Waals surface area contributed by atoms with Gasteiger partial charge in [-0.25, -0.2) is 9.59 Å². The molecule has 8 atom stereocenters. The lowest BCUT2D eigenvalue weighted by Gasteiger charge is -2.62. The molecule has 0 unspecified atom stereocenters. The molecule has 0 saturated heterocycles. The Hall–Kier alpha value is -3.02. The number of carbonyl (C=O) groups is 6. The van der Waals surface area contributed by atoms with Crippen LogP contribution in [0.15, 0.2) is 0 Å². The Morgan fingerprint density at radius 2 is 1.34 bits per heavy atom. The summed E-state index contributed by atoms with van der Waals surface area (Å²) in [5.41, 5.74) is -2.07. The van der Waals surface area contributed by atoms with Gasteiger partial charge < -0.3 is 23.7 Å². The number of rotatable bonds is 14. The predicted molar refractivity (Wildman–Crippen MR) is 181 cm³/mol. The Morgan fingerprint density at radius 1 is 0.720 bits per heavy atom. The number of ether oxygens (including phenoxy) is 5. The molecule has 0 bridgehead atoms. The summed E-state index contributed by atoms with van der Waals surface area (Å²) in [6.07, 6.45) is 9.14. The highest BCUT2D eigenvalue weighted by Gasteiger charge is 2.62. The first-order valence-electron chi connectivity index (χ1n) is 18.4. The maximum absolute atomic E-state index is 13.0. The molecule has 0 heterocycles. The van der Waals surface area contributed by atoms with Gasteiger partial charge in [-0.3, -0.25) is 24.1 Å². The number of hydrogen-bond donors (Lipinski definition) is 0. The molecule has 282 valence electrons. The average molecular weight is 706 g/mol. The Morgan fingerprint density at radius 3 is 1.94 bits per heavy atom. The molecule has 0 aromatic heterocycles. The smallest absolute Gasteiger partial charge is 0.350 e. The van der Waals surface area contributed by atoms with Crippen LogP contribution in [0.25, 0.3) is 0 Å². The van der Waals surface area contributed by atoms with Crippen molar-refractivity contribution < 1.29 is 52.5 Å². The Kier molecular flexibility index (Phi) is 12.5. The predicted octanol–water partition coefficient (Wildman–Crippen LogP) is 4.83. The van der Waals surface area contributed by atoms with E-state index in [1.54, 1.807) is 11.8 Å². The van der Waals surface area contributed by atoms with E-state index in [1.165, 1.54) is 27.7 Å². The van der Waals surface area contributed by atoms with E-state index in [-0.39, 0.29) is 49.6 Å². The maximum atomic E-state index is 13.0. The molecule has 4 aliphatic rings. The van der Waals surface area contributed by atoms with Crippen molar-refractivity contribution in [3.63, 3.8) is 0 Å². The molecular formula is C38H59NO11. The second kappa shape index (κ2) is 15.7. The second-order valence-corrected chi connectivity index (χ2v) is 16.6. The quantitative estimate of drug-likeness (QED) is 0.180. The van der Waals surface area contributed by atoms with Crippen LogP contribution in [0.4, 0.5) is 0 Å². The summed E-state index contributed by atoms with van der Waals surface area (Å²) in [5, 5.41) is 0. The summed E-state index contributed by atoms with van der Waals surface area (Å²) < 4.78 is 26.6. The Labute approximate surface area is 297 Å². The van der Waals surface area contributed by atoms with E-state index < -0.39 is 47.7 Å². The zero-order valence-electron chi connectivity index (χ0n) is 31.4. The lowest BCUT2D eigenvalue weighted by molar-refractivity contribution is -0.191. The van der Waals surface area contributed by atoms with E-state index in [0.29, 0.717) is 29.5 Å². The van der Waals surface area contributed by atoms with E-state index >= 15 is 0 Å². The number of Topliss-reactive ketones (excluding diaryl/α,β-unsaturated/α-hetero) is 1. The molecule has 0 aromatic rings. The van der Waals surface area contributed by atoms with Crippen molar-refractivity contribution in [3.05, 3.63) is 0 Å². The molecule has 4 aliphatic carbocycles. The van der Waals surface area contributed by atoms with Crippen LogP contribution >= 0.6 is 0 Å². The van der Waals surface area contributed by atoms with Crippen LogP contribution in [0.5, 0.6) is 0 Å². The zero-order valence-corrected chi connectivity index (χ0v) is 31.4. The number of fused-ring (bicyclic) bond motifs is 5. The van der Waals surface area contributed by atoms with Gasteiger partial charge in [0.25, 0.3) is 0 Å². The second-order valence-electron chi connectivity index (χ2n) is 16.6. The van der Waals surface area contributed by atoms with Gasteiger partial charge in [0.15, 0.2) is 6.61 Å². The number of nitrogens with zero attached hydrogens (tertiary/aromatic N) is 1. The lowest BCUT2D eigenvalue weighted by atomic mass is 9.44. The van der Waals surface area contributed by atoms with Gasteiger partial charge in [-0.15, -0.1) is 0 Å². The normalized spacial score (nSPS) is 33.3. The first-order chi connectivity index (χ1) is 23.3. The van der Waals surface area contributed by atoms with Crippen LogP contribution in [0.3, 0.4) is 0 Å². The minimum absolute atomic E-state index is 0.0127. The standard InChI is InChI=1S/C38H59NO11/c1-24(40)29-11-12-30-28-10-9-27-21-36(6,15-16-37(27,7)31(28)13-14-38(29,30)8)50-33(44)23-48-34(45)35(4,5)49-32(43)22-39(17-19-46-25(2)41)18-20-47-26(3)42/h27-31H,9-23H2,1-8H3/t27-,28-,29+,30-,31-,36+,37-,38+/m0/s1. The van der Waals surface area contributed by atoms with Gasteiger partial charge in [0.2, 0.25) is 5.60 Å². The molecule has 4 rings (SSSR count). The highest BCUT2D eigenvalue weighted by molar-refractivity contribution is 5.85. The van der Waals surface area contributed by atoms with E-state index in [2.05, 4.69) is 13.8 Å². The van der Waals surface area contributed by atoms with Crippen molar-refractivity contribution >= 4 is 35.6 Å². The van der Waals surface area contributed by atoms with Crippen molar-refractivity contribution in [1.29, 1.82) is 0 Å². The molecule has 4 fully saturated rings. The highest BCUT2D eigenvalue weighted by atomic mass is 16.6. The molecule has 0 N–H and O–H groups in total. The summed E-state index contributed by atoms with van der Waals surface area (Å²) in [6.45, 7) is 13.4. The molecule has 4 saturated carbocycles. The van der Waals surface area contributed by atoms with Crippen LogP contribution in [-0.4, -0.2) is 91.2 Å². The van der Waals surface area contributed by atoms with Crippen molar-refractivity contribution in [1.82, 2.24) is 4.90 Å². The molecule has 0 radical (unpaired) electrons. The first kappa shape index (κ1) is 39.8. The van der Waals surface area contributed by atoms with Crippen molar-refractivity contribution in [2.24, 2.45) is 40.4 Å². The molecule has 50 heavy (non-hydrogen) atoms. The van der Waals surface area contributed by atoms with Crippen LogP contribution in [0.1, 0.15) is 113 Å². The van der Waals surface area contributed by atoms with Crippen molar-refractivity contribution in [2.45, 2.75) is 124 Å². The third-order valence-electron chi connectivity index (χ3n) is 12.7. The fourth-order valence-corrected chi connectivity index (χ4v) is 10.2. The molecule has 12 nitrogen and oxygen atoms in total.